The number of aryl methyl sites for hydroxylation is 1. The van der Waals surface area contributed by atoms with Gasteiger partial charge in [0.2, 0.25) is 0 Å². The second-order valence-corrected chi connectivity index (χ2v) is 9.22. The second kappa shape index (κ2) is 9.60. The van der Waals surface area contributed by atoms with Crippen molar-refractivity contribution in [2.75, 3.05) is 0 Å². The highest BCUT2D eigenvalue weighted by atomic mass is 35.5. The second-order valence-electron chi connectivity index (χ2n) is 8.47. The van der Waals surface area contributed by atoms with Crippen LogP contribution in [0, 0.1) is 23.7 Å². The number of halogens is 2. The van der Waals surface area contributed by atoms with Gasteiger partial charge in [0.05, 0.1) is 0 Å². The van der Waals surface area contributed by atoms with Gasteiger partial charge in [-0.15, -0.1) is 0 Å². The molecule has 1 aromatic heterocycles. The van der Waals surface area contributed by atoms with E-state index < -0.39 is 0 Å². The average Bonchev–Trinajstić information content (AvgIpc) is 2.62. The van der Waals surface area contributed by atoms with E-state index in [0.29, 0.717) is 10.3 Å². The minimum absolute atomic E-state index is 0.489. The van der Waals surface area contributed by atoms with Crippen molar-refractivity contribution in [3.63, 3.8) is 0 Å². The van der Waals surface area contributed by atoms with Crippen molar-refractivity contribution in [2.24, 2.45) is 23.7 Å². The number of hydrogen-bond acceptors (Lipinski definition) is 1. The van der Waals surface area contributed by atoms with Crippen LogP contribution >= 0.6 is 23.2 Å². The summed E-state index contributed by atoms with van der Waals surface area (Å²) in [5, 5.41) is 1.08. The Labute approximate surface area is 163 Å². The first-order valence-electron chi connectivity index (χ1n) is 10.5. The van der Waals surface area contributed by atoms with Crippen LogP contribution in [-0.2, 0) is 6.42 Å². The lowest BCUT2D eigenvalue weighted by Crippen LogP contribution is -2.26. The molecule has 0 N–H and O–H groups in total. The summed E-state index contributed by atoms with van der Waals surface area (Å²) in [6, 6.07) is 3.90. The topological polar surface area (TPSA) is 12.9 Å². The Balaban J connectivity index is 1.39. The van der Waals surface area contributed by atoms with Gasteiger partial charge < -0.3 is 0 Å². The maximum Gasteiger partial charge on any atom is 0.134 e. The van der Waals surface area contributed by atoms with E-state index in [9.17, 15) is 0 Å². The minimum atomic E-state index is 0.489. The van der Waals surface area contributed by atoms with E-state index in [1.807, 2.05) is 12.1 Å². The van der Waals surface area contributed by atoms with Crippen molar-refractivity contribution in [3.8, 4) is 0 Å². The predicted octanol–water partition coefficient (Wildman–Crippen LogP) is 7.73. The molecule has 0 aliphatic heterocycles. The molecule has 25 heavy (non-hydrogen) atoms. The SMILES string of the molecule is CCCC1CCC(C2CCC(CCc3ccc(Cl)nc3Cl)CC2)CC1. The zero-order chi connectivity index (χ0) is 17.6. The Morgan fingerprint density at radius 2 is 1.40 bits per heavy atom. The molecule has 1 nitrogen and oxygen atoms in total. The average molecular weight is 382 g/mol. The molecule has 2 fully saturated rings. The van der Waals surface area contributed by atoms with Gasteiger partial charge in [0.1, 0.15) is 10.3 Å². The van der Waals surface area contributed by atoms with Crippen LogP contribution in [0.3, 0.4) is 0 Å². The molecule has 3 heteroatoms. The highest BCUT2D eigenvalue weighted by molar-refractivity contribution is 6.32. The van der Waals surface area contributed by atoms with Gasteiger partial charge in [-0.05, 0) is 73.8 Å². The van der Waals surface area contributed by atoms with Crippen LogP contribution in [0.1, 0.15) is 83.1 Å². The maximum atomic E-state index is 6.21. The summed E-state index contributed by atoms with van der Waals surface area (Å²) in [6.45, 7) is 2.33. The molecule has 0 spiro atoms. The van der Waals surface area contributed by atoms with E-state index in [0.717, 1.165) is 35.7 Å². The molecule has 1 aromatic rings. The first-order chi connectivity index (χ1) is 12.2. The van der Waals surface area contributed by atoms with E-state index in [2.05, 4.69) is 11.9 Å². The van der Waals surface area contributed by atoms with Gasteiger partial charge >= 0.3 is 0 Å². The van der Waals surface area contributed by atoms with E-state index >= 15 is 0 Å². The summed E-state index contributed by atoms with van der Waals surface area (Å²) in [6.07, 6.45) is 16.9. The van der Waals surface area contributed by atoms with Crippen LogP contribution < -0.4 is 0 Å². The van der Waals surface area contributed by atoms with E-state index in [4.69, 9.17) is 23.2 Å². The molecule has 0 radical (unpaired) electrons. The summed E-state index contributed by atoms with van der Waals surface area (Å²) >= 11 is 12.1. The maximum absolute atomic E-state index is 6.21. The minimum Gasteiger partial charge on any atom is -0.224 e. The van der Waals surface area contributed by atoms with Crippen LogP contribution in [0.2, 0.25) is 10.3 Å². The van der Waals surface area contributed by atoms with Crippen molar-refractivity contribution in [2.45, 2.75) is 84.0 Å². The third kappa shape index (κ3) is 5.60. The third-order valence-electron chi connectivity index (χ3n) is 6.86. The van der Waals surface area contributed by atoms with Gasteiger partial charge in [-0.3, -0.25) is 0 Å². The van der Waals surface area contributed by atoms with Crippen LogP contribution in [0.5, 0.6) is 0 Å². The number of rotatable bonds is 6. The Morgan fingerprint density at radius 3 is 1.92 bits per heavy atom. The van der Waals surface area contributed by atoms with Crippen LogP contribution in [0.4, 0.5) is 0 Å². The number of hydrogen-bond donors (Lipinski definition) is 0. The first kappa shape index (κ1) is 19.5. The van der Waals surface area contributed by atoms with Crippen molar-refractivity contribution >= 4 is 23.2 Å². The predicted molar refractivity (Wildman–Crippen MR) is 108 cm³/mol. The zero-order valence-corrected chi connectivity index (χ0v) is 17.2. The lowest BCUT2D eigenvalue weighted by molar-refractivity contribution is 0.141. The quantitative estimate of drug-likeness (QED) is 0.459. The summed E-state index contributed by atoms with van der Waals surface area (Å²) < 4.78 is 0. The highest BCUT2D eigenvalue weighted by Gasteiger charge is 2.30. The Hall–Kier alpha value is -0.270. The van der Waals surface area contributed by atoms with Crippen LogP contribution in [0.15, 0.2) is 12.1 Å². The van der Waals surface area contributed by atoms with Crippen LogP contribution in [0.25, 0.3) is 0 Å². The lowest BCUT2D eigenvalue weighted by Gasteiger charge is -2.38. The molecule has 0 atom stereocenters. The Morgan fingerprint density at radius 1 is 0.840 bits per heavy atom. The molecule has 2 aliphatic carbocycles. The first-order valence-corrected chi connectivity index (χ1v) is 11.2. The molecule has 0 amide bonds. The van der Waals surface area contributed by atoms with Crippen molar-refractivity contribution < 1.29 is 0 Å². The summed E-state index contributed by atoms with van der Waals surface area (Å²) in [5.41, 5.74) is 1.16. The van der Waals surface area contributed by atoms with Gasteiger partial charge in [-0.1, -0.05) is 74.7 Å². The van der Waals surface area contributed by atoms with Gasteiger partial charge in [0, 0.05) is 0 Å². The lowest BCUT2D eigenvalue weighted by atomic mass is 9.68. The smallest absolute Gasteiger partial charge is 0.134 e. The summed E-state index contributed by atoms with van der Waals surface area (Å²) in [5.74, 6) is 3.96. The van der Waals surface area contributed by atoms with Gasteiger partial charge in [-0.25, -0.2) is 4.98 Å². The highest BCUT2D eigenvalue weighted by Crippen LogP contribution is 2.43. The molecule has 0 bridgehead atoms. The molecular formula is C22H33Cl2N. The van der Waals surface area contributed by atoms with Crippen LogP contribution in [-0.4, -0.2) is 4.98 Å². The number of pyridine rings is 1. The Kier molecular flexibility index (Phi) is 7.49. The van der Waals surface area contributed by atoms with Gasteiger partial charge in [0.25, 0.3) is 0 Å². The van der Waals surface area contributed by atoms with Crippen molar-refractivity contribution in [3.05, 3.63) is 28.0 Å². The molecule has 0 unspecified atom stereocenters. The fraction of sp³-hybridized carbons (Fsp3) is 0.773. The zero-order valence-electron chi connectivity index (χ0n) is 15.7. The molecule has 2 saturated carbocycles. The fourth-order valence-corrected chi connectivity index (χ4v) is 5.73. The van der Waals surface area contributed by atoms with E-state index in [1.165, 1.54) is 70.6 Å². The summed E-state index contributed by atoms with van der Waals surface area (Å²) in [7, 11) is 0. The normalized spacial score (nSPS) is 30.4. The number of nitrogens with zero attached hydrogens (tertiary/aromatic N) is 1. The summed E-state index contributed by atoms with van der Waals surface area (Å²) in [4.78, 5) is 4.16. The monoisotopic (exact) mass is 381 g/mol. The number of aromatic nitrogens is 1. The van der Waals surface area contributed by atoms with E-state index in [1.54, 1.807) is 0 Å². The molecule has 1 heterocycles. The molecule has 2 aliphatic rings. The molecular weight excluding hydrogens is 349 g/mol. The van der Waals surface area contributed by atoms with Gasteiger partial charge in [-0.2, -0.15) is 0 Å². The van der Waals surface area contributed by atoms with Crippen molar-refractivity contribution in [1.29, 1.82) is 0 Å². The fourth-order valence-electron chi connectivity index (χ4n) is 5.29. The van der Waals surface area contributed by atoms with Gasteiger partial charge in [0.15, 0.2) is 0 Å². The van der Waals surface area contributed by atoms with Crippen molar-refractivity contribution in [1.82, 2.24) is 4.98 Å². The molecule has 0 aromatic carbocycles. The molecule has 140 valence electrons. The molecule has 0 saturated heterocycles. The standard InChI is InChI=1S/C22H33Cl2N/c1-2-3-16-4-9-18(10-5-16)19-11-6-17(7-12-19)8-13-20-14-15-21(23)25-22(20)24/h14-19H,2-13H2,1H3. The largest absolute Gasteiger partial charge is 0.224 e. The van der Waals surface area contributed by atoms with E-state index in [-0.39, 0.29) is 0 Å². The Bertz CT molecular complexity index is 529. The third-order valence-corrected chi connectivity index (χ3v) is 7.40. The molecule has 3 rings (SSSR count).